The zero-order valence-corrected chi connectivity index (χ0v) is 9.28. The highest BCUT2D eigenvalue weighted by Crippen LogP contribution is 2.26. The molecule has 15 heavy (non-hydrogen) atoms. The van der Waals surface area contributed by atoms with E-state index in [1.165, 1.54) is 0 Å². The van der Waals surface area contributed by atoms with Gasteiger partial charge in [-0.15, -0.1) is 0 Å². The molecule has 1 aromatic rings. The quantitative estimate of drug-likeness (QED) is 0.806. The molecule has 1 aliphatic rings. The molecule has 1 fully saturated rings. The summed E-state index contributed by atoms with van der Waals surface area (Å²) in [6.45, 7) is 2.91. The van der Waals surface area contributed by atoms with Crippen molar-refractivity contribution in [3.8, 4) is 0 Å². The van der Waals surface area contributed by atoms with Crippen molar-refractivity contribution in [1.29, 1.82) is 0 Å². The summed E-state index contributed by atoms with van der Waals surface area (Å²) in [5.41, 5.74) is 6.47. The lowest BCUT2D eigenvalue weighted by Crippen LogP contribution is -2.29. The minimum atomic E-state index is 0.507. The Hall–Kier alpha value is -0.870. The van der Waals surface area contributed by atoms with E-state index < -0.39 is 0 Å². The van der Waals surface area contributed by atoms with E-state index in [0.29, 0.717) is 12.5 Å². The van der Waals surface area contributed by atoms with Crippen LogP contribution in [0.1, 0.15) is 30.3 Å². The van der Waals surface area contributed by atoms with Crippen molar-refractivity contribution >= 4 is 0 Å². The van der Waals surface area contributed by atoms with E-state index in [1.54, 1.807) is 6.26 Å². The summed E-state index contributed by atoms with van der Waals surface area (Å²) >= 11 is 0. The van der Waals surface area contributed by atoms with Crippen LogP contribution in [0.4, 0.5) is 0 Å². The first-order valence-corrected chi connectivity index (χ1v) is 5.62. The number of nitrogens with two attached hydrogens (primary N) is 1. The van der Waals surface area contributed by atoms with Gasteiger partial charge in [-0.1, -0.05) is 0 Å². The Labute approximate surface area is 90.5 Å². The standard InChI is InChI=1S/C11H19N3O/c1-14-6-3-9(4-7-14)11-13-10(2-5-12)8-15-11/h8-9H,2-7,12H2,1H3. The largest absolute Gasteiger partial charge is 0.448 e. The molecule has 1 aliphatic heterocycles. The number of nitrogens with zero attached hydrogens (tertiary/aromatic N) is 2. The molecule has 0 saturated carbocycles. The summed E-state index contributed by atoms with van der Waals surface area (Å²) in [5.74, 6) is 1.42. The molecule has 4 nitrogen and oxygen atoms in total. The maximum absolute atomic E-state index is 5.51. The van der Waals surface area contributed by atoms with E-state index in [1.807, 2.05) is 0 Å². The fourth-order valence-electron chi connectivity index (χ4n) is 2.03. The van der Waals surface area contributed by atoms with Gasteiger partial charge in [0, 0.05) is 12.3 Å². The summed E-state index contributed by atoms with van der Waals surface area (Å²) in [5, 5.41) is 0. The summed E-state index contributed by atoms with van der Waals surface area (Å²) in [6.07, 6.45) is 4.87. The molecule has 1 aromatic heterocycles. The molecule has 0 aromatic carbocycles. The van der Waals surface area contributed by atoms with Gasteiger partial charge in [-0.05, 0) is 39.5 Å². The second-order valence-electron chi connectivity index (χ2n) is 4.29. The lowest BCUT2D eigenvalue weighted by molar-refractivity contribution is 0.237. The molecule has 0 atom stereocenters. The van der Waals surface area contributed by atoms with Crippen LogP contribution in [-0.4, -0.2) is 36.6 Å². The predicted molar refractivity (Wildman–Crippen MR) is 58.7 cm³/mol. The maximum Gasteiger partial charge on any atom is 0.197 e. The van der Waals surface area contributed by atoms with Gasteiger partial charge in [0.2, 0.25) is 0 Å². The number of hydrogen-bond acceptors (Lipinski definition) is 4. The van der Waals surface area contributed by atoms with Crippen LogP contribution in [0.2, 0.25) is 0 Å². The molecule has 0 unspecified atom stereocenters. The fraction of sp³-hybridized carbons (Fsp3) is 0.727. The average Bonchev–Trinajstić information content (AvgIpc) is 2.68. The average molecular weight is 209 g/mol. The first kappa shape index (κ1) is 10.6. The highest BCUT2D eigenvalue weighted by Gasteiger charge is 2.22. The van der Waals surface area contributed by atoms with Crippen molar-refractivity contribution in [1.82, 2.24) is 9.88 Å². The zero-order valence-electron chi connectivity index (χ0n) is 9.28. The lowest BCUT2D eigenvalue weighted by atomic mass is 9.97. The predicted octanol–water partition coefficient (Wildman–Crippen LogP) is 0.985. The van der Waals surface area contributed by atoms with Crippen LogP contribution < -0.4 is 5.73 Å². The summed E-state index contributed by atoms with van der Waals surface area (Å²) in [7, 11) is 2.16. The maximum atomic E-state index is 5.51. The molecule has 0 amide bonds. The zero-order chi connectivity index (χ0) is 10.7. The van der Waals surface area contributed by atoms with Crippen LogP contribution in [0, 0.1) is 0 Å². The van der Waals surface area contributed by atoms with Gasteiger partial charge >= 0.3 is 0 Å². The third-order valence-corrected chi connectivity index (χ3v) is 3.04. The van der Waals surface area contributed by atoms with E-state index in [4.69, 9.17) is 10.2 Å². The molecule has 2 rings (SSSR count). The van der Waals surface area contributed by atoms with Crippen molar-refractivity contribution in [2.24, 2.45) is 5.73 Å². The van der Waals surface area contributed by atoms with E-state index >= 15 is 0 Å². The molecule has 0 spiro atoms. The molecule has 0 bridgehead atoms. The molecule has 2 N–H and O–H groups in total. The Morgan fingerprint density at radius 2 is 2.27 bits per heavy atom. The van der Waals surface area contributed by atoms with E-state index in [-0.39, 0.29) is 0 Å². The second-order valence-corrected chi connectivity index (χ2v) is 4.29. The molecular formula is C11H19N3O. The van der Waals surface area contributed by atoms with Crippen LogP contribution in [0.5, 0.6) is 0 Å². The van der Waals surface area contributed by atoms with Gasteiger partial charge < -0.3 is 15.1 Å². The van der Waals surface area contributed by atoms with Crippen molar-refractivity contribution in [2.75, 3.05) is 26.7 Å². The first-order chi connectivity index (χ1) is 7.29. The Kier molecular flexibility index (Phi) is 3.38. The number of rotatable bonds is 3. The van der Waals surface area contributed by atoms with Gasteiger partial charge in [-0.3, -0.25) is 0 Å². The summed E-state index contributed by atoms with van der Waals surface area (Å²) < 4.78 is 5.51. The smallest absolute Gasteiger partial charge is 0.197 e. The molecular weight excluding hydrogens is 190 g/mol. The summed E-state index contributed by atoms with van der Waals surface area (Å²) in [4.78, 5) is 6.83. The van der Waals surface area contributed by atoms with E-state index in [9.17, 15) is 0 Å². The number of aromatic nitrogens is 1. The molecule has 2 heterocycles. The first-order valence-electron chi connectivity index (χ1n) is 5.62. The SMILES string of the molecule is CN1CCC(c2nc(CCN)co2)CC1. The molecule has 0 radical (unpaired) electrons. The van der Waals surface area contributed by atoms with E-state index in [0.717, 1.165) is 43.9 Å². The Bertz CT molecular complexity index is 303. The Morgan fingerprint density at radius 3 is 2.93 bits per heavy atom. The Morgan fingerprint density at radius 1 is 1.53 bits per heavy atom. The minimum Gasteiger partial charge on any atom is -0.448 e. The van der Waals surface area contributed by atoms with Gasteiger partial charge in [0.25, 0.3) is 0 Å². The molecule has 84 valence electrons. The van der Waals surface area contributed by atoms with Gasteiger partial charge in [-0.2, -0.15) is 0 Å². The lowest BCUT2D eigenvalue weighted by Gasteiger charge is -2.26. The highest BCUT2D eigenvalue weighted by molar-refractivity contribution is 5.02. The van der Waals surface area contributed by atoms with Crippen molar-refractivity contribution in [3.63, 3.8) is 0 Å². The van der Waals surface area contributed by atoms with Crippen molar-refractivity contribution in [2.45, 2.75) is 25.2 Å². The van der Waals surface area contributed by atoms with Crippen LogP contribution in [0.15, 0.2) is 10.7 Å². The monoisotopic (exact) mass is 209 g/mol. The fourth-order valence-corrected chi connectivity index (χ4v) is 2.03. The second kappa shape index (κ2) is 4.77. The van der Waals surface area contributed by atoms with Gasteiger partial charge in [-0.25, -0.2) is 4.98 Å². The van der Waals surface area contributed by atoms with Gasteiger partial charge in [0.15, 0.2) is 5.89 Å². The van der Waals surface area contributed by atoms with Crippen LogP contribution in [0.3, 0.4) is 0 Å². The molecule has 4 heteroatoms. The third-order valence-electron chi connectivity index (χ3n) is 3.04. The van der Waals surface area contributed by atoms with Crippen LogP contribution >= 0.6 is 0 Å². The molecule has 0 aliphatic carbocycles. The van der Waals surface area contributed by atoms with Gasteiger partial charge in [0.1, 0.15) is 6.26 Å². The number of hydrogen-bond donors (Lipinski definition) is 1. The van der Waals surface area contributed by atoms with Crippen LogP contribution in [0.25, 0.3) is 0 Å². The van der Waals surface area contributed by atoms with Crippen molar-refractivity contribution in [3.05, 3.63) is 17.8 Å². The molecule has 1 saturated heterocycles. The number of likely N-dealkylation sites (tertiary alicyclic amines) is 1. The normalized spacial score (nSPS) is 19.6. The number of piperidine rings is 1. The van der Waals surface area contributed by atoms with E-state index in [2.05, 4.69) is 16.9 Å². The minimum absolute atomic E-state index is 0.507. The highest BCUT2D eigenvalue weighted by atomic mass is 16.3. The Balaban J connectivity index is 1.96. The number of oxazole rings is 1. The third kappa shape index (κ3) is 2.58. The topological polar surface area (TPSA) is 55.3 Å². The van der Waals surface area contributed by atoms with Crippen molar-refractivity contribution < 1.29 is 4.42 Å². The van der Waals surface area contributed by atoms with Crippen LogP contribution in [-0.2, 0) is 6.42 Å². The van der Waals surface area contributed by atoms with Gasteiger partial charge in [0.05, 0.1) is 5.69 Å². The summed E-state index contributed by atoms with van der Waals surface area (Å²) in [6, 6.07) is 0.